The molecule has 0 saturated carbocycles. The number of fused-ring (bicyclic) bond motifs is 6. The summed E-state index contributed by atoms with van der Waals surface area (Å²) in [5, 5.41) is 10.8. The molecular formula is C36H20N2O. The molecule has 0 amide bonds. The summed E-state index contributed by atoms with van der Waals surface area (Å²) in [6.45, 7) is 0. The maximum atomic E-state index is 6.24. The third kappa shape index (κ3) is 2.87. The maximum Gasteiger partial charge on any atom is 0.160 e. The van der Waals surface area contributed by atoms with Gasteiger partial charge in [0, 0.05) is 27.3 Å². The molecule has 0 atom stereocenters. The van der Waals surface area contributed by atoms with Gasteiger partial charge in [-0.1, -0.05) is 97.1 Å². The largest absolute Gasteiger partial charge is 0.456 e. The van der Waals surface area contributed by atoms with Gasteiger partial charge in [-0.15, -0.1) is 0 Å². The van der Waals surface area contributed by atoms with Crippen molar-refractivity contribution in [2.45, 2.75) is 0 Å². The van der Waals surface area contributed by atoms with Crippen molar-refractivity contribution in [3.8, 4) is 22.6 Å². The molecule has 0 radical (unpaired) electrons. The van der Waals surface area contributed by atoms with E-state index in [0.717, 1.165) is 44.7 Å². The van der Waals surface area contributed by atoms with Crippen molar-refractivity contribution < 1.29 is 4.42 Å². The van der Waals surface area contributed by atoms with Gasteiger partial charge in [0.05, 0.1) is 11.2 Å². The normalized spacial score (nSPS) is 12.1. The fourth-order valence-electron chi connectivity index (χ4n) is 6.30. The van der Waals surface area contributed by atoms with Crippen LogP contribution in [0.25, 0.3) is 87.8 Å². The van der Waals surface area contributed by atoms with E-state index in [0.29, 0.717) is 0 Å². The fraction of sp³-hybridized carbons (Fsp3) is 0. The van der Waals surface area contributed by atoms with E-state index in [-0.39, 0.29) is 0 Å². The second kappa shape index (κ2) is 7.62. The monoisotopic (exact) mass is 496 g/mol. The third-order valence-corrected chi connectivity index (χ3v) is 8.01. The molecule has 0 unspecified atom stereocenters. The first-order valence-electron chi connectivity index (χ1n) is 13.2. The minimum atomic E-state index is 0.733. The molecule has 2 heterocycles. The summed E-state index contributed by atoms with van der Waals surface area (Å²) in [5.41, 5.74) is 5.87. The molecule has 0 aliphatic rings. The molecular weight excluding hydrogens is 476 g/mol. The zero-order valence-electron chi connectivity index (χ0n) is 20.8. The second-order valence-electron chi connectivity index (χ2n) is 10.2. The molecule has 0 N–H and O–H groups in total. The molecule has 3 heteroatoms. The zero-order chi connectivity index (χ0) is 25.5. The van der Waals surface area contributed by atoms with Crippen molar-refractivity contribution in [1.29, 1.82) is 0 Å². The summed E-state index contributed by atoms with van der Waals surface area (Å²) >= 11 is 0. The van der Waals surface area contributed by atoms with E-state index in [9.17, 15) is 0 Å². The van der Waals surface area contributed by atoms with Gasteiger partial charge in [-0.25, -0.2) is 9.97 Å². The summed E-state index contributed by atoms with van der Waals surface area (Å²) in [6, 6.07) is 42.4. The average Bonchev–Trinajstić information content (AvgIpc) is 3.39. The number of hydrogen-bond donors (Lipinski definition) is 0. The summed E-state index contributed by atoms with van der Waals surface area (Å²) in [5.74, 6) is 0.733. The molecule has 0 spiro atoms. The van der Waals surface area contributed by atoms with Crippen LogP contribution in [0.2, 0.25) is 0 Å². The van der Waals surface area contributed by atoms with E-state index in [1.807, 2.05) is 18.2 Å². The average molecular weight is 497 g/mol. The predicted molar refractivity (Wildman–Crippen MR) is 161 cm³/mol. The first-order chi connectivity index (χ1) is 19.3. The Morgan fingerprint density at radius 3 is 2.00 bits per heavy atom. The standard InChI is InChI=1S/C36H20N2O/c1-2-8-21(9-3-1)35-27-10-4-5-13-29(27)37-36(38-35)23-17-18-24-22(20-23)16-19-26-25-11-6-14-30-33(25)34-28(32(24)26)12-7-15-31(34)39-30/h1-20H. The Kier molecular flexibility index (Phi) is 4.05. The molecule has 3 nitrogen and oxygen atoms in total. The molecule has 0 bridgehead atoms. The van der Waals surface area contributed by atoms with Crippen LogP contribution in [0, 0.1) is 0 Å². The van der Waals surface area contributed by atoms with Crippen LogP contribution in [0.1, 0.15) is 0 Å². The highest BCUT2D eigenvalue weighted by molar-refractivity contribution is 6.36. The highest BCUT2D eigenvalue weighted by Crippen LogP contribution is 2.44. The van der Waals surface area contributed by atoms with Gasteiger partial charge in [-0.2, -0.15) is 0 Å². The Hall–Kier alpha value is -5.28. The van der Waals surface area contributed by atoms with E-state index in [1.165, 1.54) is 43.1 Å². The summed E-state index contributed by atoms with van der Waals surface area (Å²) in [4.78, 5) is 10.1. The Balaban J connectivity index is 1.33. The molecule has 7 aromatic carbocycles. The van der Waals surface area contributed by atoms with Crippen LogP contribution in [0.15, 0.2) is 126 Å². The van der Waals surface area contributed by atoms with Gasteiger partial charge in [0.25, 0.3) is 0 Å². The van der Waals surface area contributed by atoms with E-state index in [4.69, 9.17) is 14.4 Å². The third-order valence-electron chi connectivity index (χ3n) is 8.01. The van der Waals surface area contributed by atoms with Crippen molar-refractivity contribution in [2.24, 2.45) is 0 Å². The van der Waals surface area contributed by atoms with Crippen LogP contribution >= 0.6 is 0 Å². The van der Waals surface area contributed by atoms with Gasteiger partial charge in [-0.05, 0) is 56.6 Å². The van der Waals surface area contributed by atoms with Gasteiger partial charge < -0.3 is 4.42 Å². The molecule has 180 valence electrons. The lowest BCUT2D eigenvalue weighted by Gasteiger charge is -2.13. The topological polar surface area (TPSA) is 38.9 Å². The van der Waals surface area contributed by atoms with Crippen molar-refractivity contribution in [3.63, 3.8) is 0 Å². The van der Waals surface area contributed by atoms with Crippen molar-refractivity contribution in [1.82, 2.24) is 9.97 Å². The summed E-state index contributed by atoms with van der Waals surface area (Å²) < 4.78 is 6.24. The summed E-state index contributed by atoms with van der Waals surface area (Å²) in [6.07, 6.45) is 0. The summed E-state index contributed by atoms with van der Waals surface area (Å²) in [7, 11) is 0. The molecule has 9 aromatic rings. The number of furan rings is 1. The number of para-hydroxylation sites is 1. The van der Waals surface area contributed by atoms with Gasteiger partial charge in [-0.3, -0.25) is 0 Å². The van der Waals surface area contributed by atoms with E-state index < -0.39 is 0 Å². The van der Waals surface area contributed by atoms with E-state index in [2.05, 4.69) is 103 Å². The number of hydrogen-bond acceptors (Lipinski definition) is 3. The van der Waals surface area contributed by atoms with Crippen LogP contribution in [-0.2, 0) is 0 Å². The first kappa shape index (κ1) is 20.7. The Morgan fingerprint density at radius 2 is 1.13 bits per heavy atom. The molecule has 9 rings (SSSR count). The van der Waals surface area contributed by atoms with E-state index in [1.54, 1.807) is 0 Å². The number of nitrogens with zero attached hydrogens (tertiary/aromatic N) is 2. The van der Waals surface area contributed by atoms with Crippen molar-refractivity contribution >= 4 is 65.2 Å². The van der Waals surface area contributed by atoms with Crippen LogP contribution in [-0.4, -0.2) is 9.97 Å². The zero-order valence-corrected chi connectivity index (χ0v) is 20.8. The van der Waals surface area contributed by atoms with Crippen LogP contribution in [0.5, 0.6) is 0 Å². The second-order valence-corrected chi connectivity index (χ2v) is 10.2. The molecule has 39 heavy (non-hydrogen) atoms. The number of aromatic nitrogens is 2. The maximum absolute atomic E-state index is 6.24. The Morgan fingerprint density at radius 1 is 0.436 bits per heavy atom. The fourth-order valence-corrected chi connectivity index (χ4v) is 6.30. The number of rotatable bonds is 2. The minimum absolute atomic E-state index is 0.733. The lowest BCUT2D eigenvalue weighted by Crippen LogP contribution is -1.95. The van der Waals surface area contributed by atoms with Gasteiger partial charge in [0.2, 0.25) is 0 Å². The smallest absolute Gasteiger partial charge is 0.160 e. The van der Waals surface area contributed by atoms with E-state index >= 15 is 0 Å². The van der Waals surface area contributed by atoms with Crippen LogP contribution in [0.3, 0.4) is 0 Å². The quantitative estimate of drug-likeness (QED) is 0.224. The van der Waals surface area contributed by atoms with Gasteiger partial charge in [0.1, 0.15) is 11.2 Å². The van der Waals surface area contributed by atoms with Gasteiger partial charge in [0.15, 0.2) is 5.82 Å². The van der Waals surface area contributed by atoms with Crippen LogP contribution < -0.4 is 0 Å². The number of benzene rings is 7. The molecule has 0 saturated heterocycles. The molecule has 0 aliphatic heterocycles. The molecule has 2 aromatic heterocycles. The highest BCUT2D eigenvalue weighted by Gasteiger charge is 2.18. The molecule has 0 fully saturated rings. The Labute approximate surface area is 223 Å². The first-order valence-corrected chi connectivity index (χ1v) is 13.2. The predicted octanol–water partition coefficient (Wildman–Crippen LogP) is 9.76. The van der Waals surface area contributed by atoms with Crippen molar-refractivity contribution in [2.75, 3.05) is 0 Å². The lowest BCUT2D eigenvalue weighted by molar-refractivity contribution is 0.669. The SMILES string of the molecule is c1ccc(-c2nc(-c3ccc4c(ccc5c6cccc7oc8cccc(c45)c8c76)c3)nc3ccccc23)cc1. The lowest BCUT2D eigenvalue weighted by atomic mass is 9.91. The minimum Gasteiger partial charge on any atom is -0.456 e. The Bertz CT molecular complexity index is 2390. The van der Waals surface area contributed by atoms with Crippen molar-refractivity contribution in [3.05, 3.63) is 121 Å². The van der Waals surface area contributed by atoms with Crippen LogP contribution in [0.4, 0.5) is 0 Å². The molecule has 0 aliphatic carbocycles. The highest BCUT2D eigenvalue weighted by atomic mass is 16.3. The van der Waals surface area contributed by atoms with Gasteiger partial charge >= 0.3 is 0 Å².